The molecule has 7 atom stereocenters. The smallest absolute Gasteiger partial charge is 0.416 e. The van der Waals surface area contributed by atoms with Crippen LogP contribution in [-0.2, 0) is 15.7 Å². The van der Waals surface area contributed by atoms with E-state index in [0.717, 1.165) is 44.5 Å². The number of hydrogen-bond acceptors (Lipinski definition) is 8. The minimum Gasteiger partial charge on any atom is -0.490 e. The maximum absolute atomic E-state index is 13.6. The van der Waals surface area contributed by atoms with E-state index in [4.69, 9.17) is 9.47 Å². The van der Waals surface area contributed by atoms with Crippen LogP contribution >= 0.6 is 0 Å². The summed E-state index contributed by atoms with van der Waals surface area (Å²) >= 11 is 0. The molecule has 3 unspecified atom stereocenters. The Labute approximate surface area is 241 Å². The molecule has 1 aromatic carbocycles. The molecule has 3 N–H and O–H groups in total. The van der Waals surface area contributed by atoms with Crippen LogP contribution in [0, 0.1) is 29.6 Å². The second kappa shape index (κ2) is 10.6. The zero-order valence-corrected chi connectivity index (χ0v) is 23.3. The van der Waals surface area contributed by atoms with Gasteiger partial charge in [-0.3, -0.25) is 9.59 Å². The number of fused-ring (bicyclic) bond motifs is 6. The van der Waals surface area contributed by atoms with Crippen LogP contribution in [0.5, 0.6) is 5.75 Å². The highest BCUT2D eigenvalue weighted by atomic mass is 19.4. The fraction of sp³-hybridized carbons (Fsp3) is 0.621. The highest BCUT2D eigenvalue weighted by molar-refractivity contribution is 5.97. The number of nitrogens with one attached hydrogen (secondary N) is 3. The predicted molar refractivity (Wildman–Crippen MR) is 145 cm³/mol. The lowest BCUT2D eigenvalue weighted by Crippen LogP contribution is -2.45. The molecule has 1 aromatic heterocycles. The number of hydrazine groups is 2. The highest BCUT2D eigenvalue weighted by Gasteiger charge is 2.59. The summed E-state index contributed by atoms with van der Waals surface area (Å²) in [6.45, 7) is 3.05. The Morgan fingerprint density at radius 2 is 1.64 bits per heavy atom. The zero-order valence-electron chi connectivity index (χ0n) is 23.3. The molecule has 5 aliphatic rings. The van der Waals surface area contributed by atoms with E-state index in [1.54, 1.807) is 4.90 Å². The van der Waals surface area contributed by atoms with Crippen molar-refractivity contribution in [2.75, 3.05) is 46.5 Å². The number of amides is 2. The van der Waals surface area contributed by atoms with Gasteiger partial charge < -0.3 is 19.3 Å². The molecule has 2 aliphatic carbocycles. The molecular weight excluding hydrogens is 553 g/mol. The molecule has 3 saturated heterocycles. The van der Waals surface area contributed by atoms with Gasteiger partial charge in [0.15, 0.2) is 0 Å². The van der Waals surface area contributed by atoms with E-state index in [2.05, 4.69) is 21.4 Å². The van der Waals surface area contributed by atoms with Crippen LogP contribution in [0.15, 0.2) is 24.3 Å². The molecule has 3 aliphatic heterocycles. The lowest BCUT2D eigenvalue weighted by molar-refractivity contribution is -0.137. The van der Waals surface area contributed by atoms with Crippen molar-refractivity contribution in [1.29, 1.82) is 0 Å². The molecule has 0 bridgehead atoms. The quantitative estimate of drug-likeness (QED) is 0.441. The van der Waals surface area contributed by atoms with Crippen LogP contribution < -0.4 is 21.1 Å². The number of likely N-dealkylation sites (tertiary alicyclic amines) is 2. The van der Waals surface area contributed by atoms with Gasteiger partial charge in [-0.25, -0.2) is 15.8 Å². The van der Waals surface area contributed by atoms with Gasteiger partial charge in [-0.2, -0.15) is 18.7 Å². The average molecular weight is 589 g/mol. The first kappa shape index (κ1) is 27.8. The SMILES string of the molecule is COCCOc1cc(C(=O)N2C[C@@H]3[C@H](C2)[C@H]2CN(C(=O)C4CCC5NNNC5C4)C[C@@H]32)nc2cc(C(F)(F)F)ccc12. The number of alkyl halides is 3. The largest absolute Gasteiger partial charge is 0.490 e. The summed E-state index contributed by atoms with van der Waals surface area (Å²) in [4.78, 5) is 35.2. The molecule has 13 heteroatoms. The van der Waals surface area contributed by atoms with Crippen molar-refractivity contribution >= 4 is 22.7 Å². The summed E-state index contributed by atoms with van der Waals surface area (Å²) in [7, 11) is 1.53. The number of pyridine rings is 1. The number of ether oxygens (including phenoxy) is 2. The molecule has 2 amide bonds. The molecule has 2 aromatic rings. The van der Waals surface area contributed by atoms with E-state index in [-0.39, 0.29) is 41.6 Å². The monoisotopic (exact) mass is 588 g/mol. The van der Waals surface area contributed by atoms with Gasteiger partial charge in [0.05, 0.1) is 17.7 Å². The van der Waals surface area contributed by atoms with Crippen molar-refractivity contribution < 1.29 is 32.2 Å². The lowest BCUT2D eigenvalue weighted by atomic mass is 9.60. The molecule has 42 heavy (non-hydrogen) atoms. The first-order valence-corrected chi connectivity index (χ1v) is 14.7. The Morgan fingerprint density at radius 3 is 2.33 bits per heavy atom. The average Bonchev–Trinajstić information content (AvgIpc) is 3.70. The van der Waals surface area contributed by atoms with E-state index in [9.17, 15) is 22.8 Å². The first-order chi connectivity index (χ1) is 20.2. The Kier molecular flexibility index (Phi) is 7.03. The van der Waals surface area contributed by atoms with Gasteiger partial charge in [-0.15, -0.1) is 0 Å². The zero-order chi connectivity index (χ0) is 29.2. The second-order valence-electron chi connectivity index (χ2n) is 12.3. The van der Waals surface area contributed by atoms with Crippen LogP contribution in [0.4, 0.5) is 13.2 Å². The number of halogens is 3. The number of nitrogens with zero attached hydrogens (tertiary/aromatic N) is 3. The van der Waals surface area contributed by atoms with E-state index in [1.807, 2.05) is 4.90 Å². The van der Waals surface area contributed by atoms with Gasteiger partial charge in [0.1, 0.15) is 18.1 Å². The van der Waals surface area contributed by atoms with Gasteiger partial charge in [-0.1, -0.05) is 0 Å². The molecule has 2 saturated carbocycles. The molecule has 0 spiro atoms. The van der Waals surface area contributed by atoms with Crippen LogP contribution in [0.25, 0.3) is 10.9 Å². The van der Waals surface area contributed by atoms with Gasteiger partial charge >= 0.3 is 6.18 Å². The standard InChI is InChI=1S/C29H35F3N6O4/c1-41-6-7-42-26-10-25(33-23-9-16(29(30,31)32)3-4-17(23)26)28(40)38-13-20-18-11-37(12-19(18)21(20)14-38)27(39)15-2-5-22-24(8-15)35-36-34-22/h3-4,9-10,15,18-22,24,34-36H,2,5-8,11-14H2,1H3/t15?,18-,19+,20+,21-,22?,24?. The van der Waals surface area contributed by atoms with Crippen LogP contribution in [0.3, 0.4) is 0 Å². The Bertz CT molecular complexity index is 1370. The predicted octanol–water partition coefficient (Wildman–Crippen LogP) is 2.20. The van der Waals surface area contributed by atoms with Gasteiger partial charge in [0, 0.05) is 62.7 Å². The van der Waals surface area contributed by atoms with Crippen molar-refractivity contribution in [1.82, 2.24) is 31.2 Å². The van der Waals surface area contributed by atoms with Crippen molar-refractivity contribution in [3.8, 4) is 5.75 Å². The minimum absolute atomic E-state index is 0.0352. The summed E-state index contributed by atoms with van der Waals surface area (Å²) in [5.74, 6) is 1.64. The number of hydrogen-bond donors (Lipinski definition) is 3. The molecule has 0 radical (unpaired) electrons. The third-order valence-electron chi connectivity index (χ3n) is 10.1. The molecule has 7 rings (SSSR count). The molecule has 10 nitrogen and oxygen atoms in total. The number of methoxy groups -OCH3 is 1. The van der Waals surface area contributed by atoms with Gasteiger partial charge in [0.2, 0.25) is 5.91 Å². The number of carbonyl (C=O) groups excluding carboxylic acids is 2. The molecule has 5 fully saturated rings. The summed E-state index contributed by atoms with van der Waals surface area (Å²) in [6, 6.07) is 5.43. The molecular formula is C29H35F3N6O4. The number of rotatable bonds is 6. The van der Waals surface area contributed by atoms with Crippen molar-refractivity contribution in [2.45, 2.75) is 37.5 Å². The summed E-state index contributed by atoms with van der Waals surface area (Å²) < 4.78 is 51.1. The first-order valence-electron chi connectivity index (χ1n) is 14.7. The second-order valence-corrected chi connectivity index (χ2v) is 12.3. The topological polar surface area (TPSA) is 108 Å². The number of benzene rings is 1. The molecule has 226 valence electrons. The Hall–Kier alpha value is -3.00. The van der Waals surface area contributed by atoms with Crippen LogP contribution in [0.1, 0.15) is 35.3 Å². The third-order valence-corrected chi connectivity index (χ3v) is 10.1. The highest BCUT2D eigenvalue weighted by Crippen LogP contribution is 2.54. The maximum atomic E-state index is 13.6. The van der Waals surface area contributed by atoms with Crippen LogP contribution in [-0.4, -0.2) is 85.2 Å². The summed E-state index contributed by atoms with van der Waals surface area (Å²) in [6.07, 6.45) is -1.86. The lowest BCUT2D eigenvalue weighted by Gasteiger charge is -2.42. The van der Waals surface area contributed by atoms with E-state index in [0.29, 0.717) is 60.5 Å². The summed E-state index contributed by atoms with van der Waals surface area (Å²) in [5.41, 5.74) is 8.72. The van der Waals surface area contributed by atoms with Gasteiger partial charge in [-0.05, 0) is 61.1 Å². The van der Waals surface area contributed by atoms with Gasteiger partial charge in [0.25, 0.3) is 5.91 Å². The normalized spacial score (nSPS) is 32.0. The third kappa shape index (κ3) is 4.80. The minimum atomic E-state index is -4.53. The fourth-order valence-electron chi connectivity index (χ4n) is 7.93. The van der Waals surface area contributed by atoms with Crippen molar-refractivity contribution in [3.05, 3.63) is 35.5 Å². The fourth-order valence-corrected chi connectivity index (χ4v) is 7.93. The Morgan fingerprint density at radius 1 is 0.952 bits per heavy atom. The van der Waals surface area contributed by atoms with E-state index < -0.39 is 11.7 Å². The van der Waals surface area contributed by atoms with Crippen molar-refractivity contribution in [3.63, 3.8) is 0 Å². The molecule has 4 heterocycles. The maximum Gasteiger partial charge on any atom is 0.416 e. The van der Waals surface area contributed by atoms with Crippen molar-refractivity contribution in [2.24, 2.45) is 29.6 Å². The number of carbonyl (C=O) groups is 2. The van der Waals surface area contributed by atoms with Crippen LogP contribution in [0.2, 0.25) is 0 Å². The van der Waals surface area contributed by atoms with E-state index >= 15 is 0 Å². The number of aromatic nitrogens is 1. The summed E-state index contributed by atoms with van der Waals surface area (Å²) in [5, 5.41) is 0.404. The van der Waals surface area contributed by atoms with E-state index in [1.165, 1.54) is 19.2 Å². The Balaban J connectivity index is 1.04.